The molecule has 2 N–H and O–H groups in total. The first kappa shape index (κ1) is 50.8. The number of fused-ring (bicyclic) bond motifs is 8. The lowest BCUT2D eigenvalue weighted by atomic mass is 9.88. The van der Waals surface area contributed by atoms with Gasteiger partial charge < -0.3 is 19.7 Å². The molecule has 0 aliphatic carbocycles. The SMILES string of the molecule is OCc1cc(-c2ccc3ccccc3c2)c(Oc2ccc3cc(-c4cccc5ccccc45)ccc3c2-c2c(Oc3c(-c4ccc5ccccc5c4)cc(CO)c4ccccc34)ccc3cc(-c4cccc5ccccc45)ccc23)c2ccccc12. The normalized spacial score (nSPS) is 11.7. The van der Waals surface area contributed by atoms with Crippen LogP contribution in [0.4, 0.5) is 0 Å². The van der Waals surface area contributed by atoms with Gasteiger partial charge in [-0.15, -0.1) is 0 Å². The van der Waals surface area contributed by atoms with E-state index in [1.54, 1.807) is 0 Å². The summed E-state index contributed by atoms with van der Waals surface area (Å²) in [5.41, 5.74) is 11.5. The maximum atomic E-state index is 11.1. The van der Waals surface area contributed by atoms with E-state index < -0.39 is 0 Å². The highest BCUT2D eigenvalue weighted by molar-refractivity contribution is 6.13. The van der Waals surface area contributed by atoms with E-state index in [-0.39, 0.29) is 13.2 Å². The summed E-state index contributed by atoms with van der Waals surface area (Å²) in [6.45, 7) is -0.289. The predicted octanol–water partition coefficient (Wildman–Crippen LogP) is 21.8. The molecular formula is C82H54O4. The molecule has 0 radical (unpaired) electrons. The van der Waals surface area contributed by atoms with Crippen molar-refractivity contribution in [2.24, 2.45) is 0 Å². The third-order valence-electron chi connectivity index (χ3n) is 17.5. The molecule has 0 aliphatic heterocycles. The number of aliphatic hydroxyl groups is 2. The molecule has 0 bridgehead atoms. The molecule has 0 saturated heterocycles. The van der Waals surface area contributed by atoms with Crippen LogP contribution in [0.15, 0.2) is 291 Å². The van der Waals surface area contributed by atoms with Crippen LogP contribution in [0.25, 0.3) is 142 Å². The second-order valence-electron chi connectivity index (χ2n) is 22.4. The lowest BCUT2D eigenvalue weighted by Crippen LogP contribution is -1.99. The van der Waals surface area contributed by atoms with Gasteiger partial charge in [0.25, 0.3) is 0 Å². The minimum absolute atomic E-state index is 0.145. The van der Waals surface area contributed by atoms with Crippen molar-refractivity contribution >= 4 is 86.2 Å². The van der Waals surface area contributed by atoms with Gasteiger partial charge in [-0.1, -0.05) is 243 Å². The second kappa shape index (κ2) is 21.1. The van der Waals surface area contributed by atoms with E-state index in [0.717, 1.165) is 131 Å². The minimum Gasteiger partial charge on any atom is -0.455 e. The molecule has 86 heavy (non-hydrogen) atoms. The van der Waals surface area contributed by atoms with Gasteiger partial charge in [0.1, 0.15) is 23.0 Å². The van der Waals surface area contributed by atoms with Gasteiger partial charge in [-0.3, -0.25) is 0 Å². The third kappa shape index (κ3) is 8.70. The van der Waals surface area contributed by atoms with Gasteiger partial charge >= 0.3 is 0 Å². The average Bonchev–Trinajstić information content (AvgIpc) is 1.59. The molecule has 0 fully saturated rings. The first-order valence-corrected chi connectivity index (χ1v) is 29.3. The number of hydrogen-bond donors (Lipinski definition) is 2. The molecule has 0 unspecified atom stereocenters. The Balaban J connectivity index is 0.998. The highest BCUT2D eigenvalue weighted by atomic mass is 16.5. The molecule has 0 amide bonds. The van der Waals surface area contributed by atoms with Crippen molar-refractivity contribution in [3.63, 3.8) is 0 Å². The smallest absolute Gasteiger partial charge is 0.143 e. The summed E-state index contributed by atoms with van der Waals surface area (Å²) in [4.78, 5) is 0. The quantitative estimate of drug-likeness (QED) is 0.136. The van der Waals surface area contributed by atoms with Gasteiger partial charge in [-0.2, -0.15) is 0 Å². The van der Waals surface area contributed by atoms with Crippen LogP contribution in [0.5, 0.6) is 23.0 Å². The van der Waals surface area contributed by atoms with Crippen molar-refractivity contribution in [3.8, 4) is 78.6 Å². The van der Waals surface area contributed by atoms with E-state index in [4.69, 9.17) is 9.47 Å². The summed E-state index contributed by atoms with van der Waals surface area (Å²) < 4.78 is 15.6. The molecule has 0 heterocycles. The van der Waals surface area contributed by atoms with E-state index in [0.29, 0.717) is 23.0 Å². The van der Waals surface area contributed by atoms with E-state index in [1.807, 2.05) is 24.3 Å². The zero-order valence-corrected chi connectivity index (χ0v) is 46.8. The fourth-order valence-electron chi connectivity index (χ4n) is 13.3. The molecule has 0 spiro atoms. The maximum absolute atomic E-state index is 11.1. The number of hydrogen-bond acceptors (Lipinski definition) is 4. The Morgan fingerprint density at radius 2 is 0.547 bits per heavy atom. The number of rotatable bonds is 11. The van der Waals surface area contributed by atoms with Crippen LogP contribution in [0.3, 0.4) is 0 Å². The Morgan fingerprint density at radius 3 is 0.977 bits per heavy atom. The van der Waals surface area contributed by atoms with Gasteiger partial charge in [-0.25, -0.2) is 0 Å². The van der Waals surface area contributed by atoms with Crippen LogP contribution >= 0.6 is 0 Å². The van der Waals surface area contributed by atoms with Crippen molar-refractivity contribution in [3.05, 3.63) is 302 Å². The van der Waals surface area contributed by atoms with Crippen molar-refractivity contribution in [2.75, 3.05) is 0 Å². The van der Waals surface area contributed by atoms with Crippen molar-refractivity contribution in [1.82, 2.24) is 0 Å². The van der Waals surface area contributed by atoms with E-state index in [9.17, 15) is 10.2 Å². The standard InChI is InChI=1S/C82H54O4/c83-49-63-47-75(61-33-31-51-15-1-3-19-55(51)43-61)81(73-27-11-9-25-69(63)73)85-77-41-37-59-45-57(67-29-13-21-53-17-5-7-23-65(53)67)35-39-71(59)79(77)80-72-40-36-58(68-30-14-22-54-18-6-8-24-66(54)68)46-60(72)38-42-78(80)86-82-74-28-12-10-26-70(74)64(50-84)48-76(82)62-34-32-52-16-2-4-20-56(52)44-62/h1-48,83-84H,49-50H2. The summed E-state index contributed by atoms with van der Waals surface area (Å²) in [5, 5.41) is 39.0. The molecule has 16 aromatic rings. The topological polar surface area (TPSA) is 58.9 Å². The molecule has 16 rings (SSSR count). The van der Waals surface area contributed by atoms with E-state index in [2.05, 4.69) is 267 Å². The van der Waals surface area contributed by atoms with Crippen LogP contribution < -0.4 is 9.47 Å². The molecule has 0 atom stereocenters. The van der Waals surface area contributed by atoms with Crippen LogP contribution in [-0.4, -0.2) is 10.2 Å². The predicted molar refractivity (Wildman–Crippen MR) is 359 cm³/mol. The second-order valence-corrected chi connectivity index (χ2v) is 22.4. The van der Waals surface area contributed by atoms with Crippen LogP contribution in [-0.2, 0) is 13.2 Å². The lowest BCUT2D eigenvalue weighted by Gasteiger charge is -2.24. The summed E-state index contributed by atoms with van der Waals surface area (Å²) >= 11 is 0. The zero-order valence-electron chi connectivity index (χ0n) is 46.8. The molecule has 0 aliphatic rings. The molecule has 0 saturated carbocycles. The highest BCUT2D eigenvalue weighted by Gasteiger charge is 2.26. The fourth-order valence-corrected chi connectivity index (χ4v) is 13.3. The largest absolute Gasteiger partial charge is 0.455 e. The molecule has 4 heteroatoms. The first-order chi connectivity index (χ1) is 42.5. The summed E-state index contributed by atoms with van der Waals surface area (Å²) in [6, 6.07) is 103. The molecule has 16 aromatic carbocycles. The molecule has 4 nitrogen and oxygen atoms in total. The highest BCUT2D eigenvalue weighted by Crippen LogP contribution is 2.53. The number of aliphatic hydroxyl groups excluding tert-OH is 2. The Kier molecular flexibility index (Phi) is 12.5. The summed E-state index contributed by atoms with van der Waals surface area (Å²) in [5.74, 6) is 2.60. The van der Waals surface area contributed by atoms with E-state index in [1.165, 1.54) is 21.5 Å². The van der Waals surface area contributed by atoms with Crippen molar-refractivity contribution in [1.29, 1.82) is 0 Å². The summed E-state index contributed by atoms with van der Waals surface area (Å²) in [7, 11) is 0. The van der Waals surface area contributed by atoms with Crippen molar-refractivity contribution < 1.29 is 19.7 Å². The molecule has 0 aromatic heterocycles. The maximum Gasteiger partial charge on any atom is 0.143 e. The number of ether oxygens (including phenoxy) is 2. The lowest BCUT2D eigenvalue weighted by molar-refractivity contribution is 0.283. The summed E-state index contributed by atoms with van der Waals surface area (Å²) in [6.07, 6.45) is 0. The number of benzene rings is 16. The average molecular weight is 1100 g/mol. The molecular weight excluding hydrogens is 1050 g/mol. The molecule has 406 valence electrons. The van der Waals surface area contributed by atoms with Crippen molar-refractivity contribution in [2.45, 2.75) is 13.2 Å². The van der Waals surface area contributed by atoms with Gasteiger partial charge in [-0.05, 0) is 168 Å². The Bertz CT molecular complexity index is 5060. The Morgan fingerprint density at radius 1 is 0.221 bits per heavy atom. The van der Waals surface area contributed by atoms with Gasteiger partial charge in [0.2, 0.25) is 0 Å². The van der Waals surface area contributed by atoms with E-state index >= 15 is 0 Å². The first-order valence-electron chi connectivity index (χ1n) is 29.3. The van der Waals surface area contributed by atoms with Gasteiger partial charge in [0.15, 0.2) is 0 Å². The Hall–Kier alpha value is -10.9. The van der Waals surface area contributed by atoms with Gasteiger partial charge in [0.05, 0.1) is 13.2 Å². The fraction of sp³-hybridized carbons (Fsp3) is 0.0244. The zero-order chi connectivity index (χ0) is 57.2. The minimum atomic E-state index is -0.145. The van der Waals surface area contributed by atoms with Crippen LogP contribution in [0.2, 0.25) is 0 Å². The van der Waals surface area contributed by atoms with Crippen LogP contribution in [0.1, 0.15) is 11.1 Å². The van der Waals surface area contributed by atoms with Gasteiger partial charge in [0, 0.05) is 33.0 Å². The Labute approximate surface area is 497 Å². The monoisotopic (exact) mass is 1100 g/mol. The third-order valence-corrected chi connectivity index (χ3v) is 17.5. The van der Waals surface area contributed by atoms with Crippen LogP contribution in [0, 0.1) is 0 Å².